The van der Waals surface area contributed by atoms with Crippen LogP contribution in [-0.2, 0) is 11.3 Å². The Kier molecular flexibility index (Phi) is 4.54. The van der Waals surface area contributed by atoms with E-state index in [4.69, 9.17) is 0 Å². The smallest absolute Gasteiger partial charge is 0.261 e. The van der Waals surface area contributed by atoms with E-state index in [9.17, 15) is 9.59 Å². The maximum Gasteiger partial charge on any atom is 0.261 e. The third kappa shape index (κ3) is 3.36. The standard InChI is InChI=1S/C15H17BrN4O2/c16-10-3-4-13-12(6-10)15(22)20(9-18-13)8-14(21)19-11-2-1-5-17-7-11/h3-4,6,9,11,17H,1-2,5,7-8H2,(H,19,21). The van der Waals surface area contributed by atoms with Crippen molar-refractivity contribution in [2.45, 2.75) is 25.4 Å². The number of hydrogen-bond donors (Lipinski definition) is 2. The normalized spacial score (nSPS) is 18.3. The lowest BCUT2D eigenvalue weighted by Gasteiger charge is -2.23. The molecule has 2 heterocycles. The summed E-state index contributed by atoms with van der Waals surface area (Å²) in [5.74, 6) is -0.160. The number of nitrogens with one attached hydrogen (secondary N) is 2. The molecular formula is C15H17BrN4O2. The lowest BCUT2D eigenvalue weighted by Crippen LogP contribution is -2.47. The fourth-order valence-electron chi connectivity index (χ4n) is 2.65. The molecule has 1 fully saturated rings. The summed E-state index contributed by atoms with van der Waals surface area (Å²) in [5.41, 5.74) is 0.421. The van der Waals surface area contributed by atoms with Crippen molar-refractivity contribution in [2.24, 2.45) is 0 Å². The molecule has 1 atom stereocenters. The number of carbonyl (C=O) groups excluding carboxylic acids is 1. The van der Waals surface area contributed by atoms with Crippen LogP contribution in [0.5, 0.6) is 0 Å². The summed E-state index contributed by atoms with van der Waals surface area (Å²) in [4.78, 5) is 28.8. The first-order valence-electron chi connectivity index (χ1n) is 7.28. The lowest BCUT2D eigenvalue weighted by atomic mass is 10.1. The zero-order chi connectivity index (χ0) is 15.5. The fourth-order valence-corrected chi connectivity index (χ4v) is 3.01. The molecule has 2 aromatic rings. The van der Waals surface area contributed by atoms with Crippen molar-refractivity contribution < 1.29 is 4.79 Å². The number of carbonyl (C=O) groups is 1. The van der Waals surface area contributed by atoms with E-state index in [1.807, 2.05) is 6.07 Å². The second-order valence-corrected chi connectivity index (χ2v) is 6.37. The zero-order valence-electron chi connectivity index (χ0n) is 12.0. The van der Waals surface area contributed by atoms with E-state index >= 15 is 0 Å². The molecule has 2 N–H and O–H groups in total. The Morgan fingerprint density at radius 2 is 2.36 bits per heavy atom. The minimum absolute atomic E-state index is 0.00914. The predicted octanol–water partition coefficient (Wildman–Crippen LogP) is 1.03. The van der Waals surface area contributed by atoms with E-state index in [1.54, 1.807) is 12.1 Å². The van der Waals surface area contributed by atoms with Crippen LogP contribution in [0.4, 0.5) is 0 Å². The van der Waals surface area contributed by atoms with E-state index in [-0.39, 0.29) is 24.1 Å². The molecule has 116 valence electrons. The molecule has 1 unspecified atom stereocenters. The van der Waals surface area contributed by atoms with Crippen molar-refractivity contribution in [3.8, 4) is 0 Å². The van der Waals surface area contributed by atoms with Gasteiger partial charge in [0.25, 0.3) is 5.56 Å². The lowest BCUT2D eigenvalue weighted by molar-refractivity contribution is -0.122. The van der Waals surface area contributed by atoms with Crippen LogP contribution >= 0.6 is 15.9 Å². The summed E-state index contributed by atoms with van der Waals surface area (Å²) < 4.78 is 2.16. The van der Waals surface area contributed by atoms with Gasteiger partial charge in [0.05, 0.1) is 17.2 Å². The minimum Gasteiger partial charge on any atom is -0.351 e. The van der Waals surface area contributed by atoms with Crippen LogP contribution in [0.3, 0.4) is 0 Å². The Morgan fingerprint density at radius 1 is 1.50 bits per heavy atom. The summed E-state index contributed by atoms with van der Waals surface area (Å²) >= 11 is 3.35. The average Bonchev–Trinajstić information content (AvgIpc) is 2.51. The van der Waals surface area contributed by atoms with Crippen molar-refractivity contribution in [1.82, 2.24) is 20.2 Å². The first-order chi connectivity index (χ1) is 10.6. The molecule has 1 saturated heterocycles. The van der Waals surface area contributed by atoms with Gasteiger partial charge in [-0.05, 0) is 37.6 Å². The van der Waals surface area contributed by atoms with E-state index in [0.717, 1.165) is 30.4 Å². The van der Waals surface area contributed by atoms with Crippen LogP contribution in [0.2, 0.25) is 0 Å². The minimum atomic E-state index is -0.205. The number of benzene rings is 1. The number of halogens is 1. The Hall–Kier alpha value is -1.73. The van der Waals surface area contributed by atoms with Crippen LogP contribution in [0.15, 0.2) is 33.8 Å². The van der Waals surface area contributed by atoms with Crippen LogP contribution in [0.1, 0.15) is 12.8 Å². The summed E-state index contributed by atoms with van der Waals surface area (Å²) in [6.45, 7) is 1.77. The van der Waals surface area contributed by atoms with Gasteiger partial charge in [0.2, 0.25) is 5.91 Å². The Bertz CT molecular complexity index is 753. The topological polar surface area (TPSA) is 76.0 Å². The summed E-state index contributed by atoms with van der Waals surface area (Å²) in [7, 11) is 0. The third-order valence-corrected chi connectivity index (χ3v) is 4.26. The molecule has 3 rings (SSSR count). The van der Waals surface area contributed by atoms with Gasteiger partial charge in [-0.1, -0.05) is 15.9 Å². The van der Waals surface area contributed by atoms with Crippen molar-refractivity contribution in [1.29, 1.82) is 0 Å². The molecule has 6 nitrogen and oxygen atoms in total. The molecular weight excluding hydrogens is 348 g/mol. The molecule has 22 heavy (non-hydrogen) atoms. The first-order valence-corrected chi connectivity index (χ1v) is 8.07. The van der Waals surface area contributed by atoms with Crippen molar-refractivity contribution in [3.05, 3.63) is 39.4 Å². The summed E-state index contributed by atoms with van der Waals surface area (Å²) in [6.07, 6.45) is 3.45. The number of aromatic nitrogens is 2. The van der Waals surface area contributed by atoms with Crippen molar-refractivity contribution >= 4 is 32.7 Å². The average molecular weight is 365 g/mol. The van der Waals surface area contributed by atoms with Gasteiger partial charge in [-0.25, -0.2) is 4.98 Å². The van der Waals surface area contributed by atoms with Gasteiger partial charge in [0, 0.05) is 17.1 Å². The quantitative estimate of drug-likeness (QED) is 0.852. The summed E-state index contributed by atoms with van der Waals surface area (Å²) in [6, 6.07) is 5.48. The largest absolute Gasteiger partial charge is 0.351 e. The van der Waals surface area contributed by atoms with E-state index in [1.165, 1.54) is 10.9 Å². The Morgan fingerprint density at radius 3 is 3.14 bits per heavy atom. The third-order valence-electron chi connectivity index (χ3n) is 3.76. The number of fused-ring (bicyclic) bond motifs is 1. The van der Waals surface area contributed by atoms with Gasteiger partial charge in [0.15, 0.2) is 0 Å². The van der Waals surface area contributed by atoms with E-state index in [0.29, 0.717) is 10.9 Å². The number of piperidine rings is 1. The van der Waals surface area contributed by atoms with Crippen LogP contribution in [0.25, 0.3) is 10.9 Å². The Labute approximate surface area is 136 Å². The maximum atomic E-state index is 12.4. The number of amides is 1. The van der Waals surface area contributed by atoms with Crippen LogP contribution in [0, 0.1) is 0 Å². The molecule has 0 spiro atoms. The second kappa shape index (κ2) is 6.58. The monoisotopic (exact) mass is 364 g/mol. The van der Waals surface area contributed by atoms with Gasteiger partial charge in [-0.2, -0.15) is 0 Å². The van der Waals surface area contributed by atoms with Gasteiger partial charge >= 0.3 is 0 Å². The molecule has 1 aromatic heterocycles. The van der Waals surface area contributed by atoms with Gasteiger partial charge in [-0.15, -0.1) is 0 Å². The molecule has 0 saturated carbocycles. The Balaban J connectivity index is 1.77. The zero-order valence-corrected chi connectivity index (χ0v) is 13.6. The van der Waals surface area contributed by atoms with Crippen molar-refractivity contribution in [2.75, 3.05) is 13.1 Å². The fraction of sp³-hybridized carbons (Fsp3) is 0.400. The van der Waals surface area contributed by atoms with Gasteiger partial charge in [0.1, 0.15) is 6.54 Å². The molecule has 7 heteroatoms. The number of rotatable bonds is 3. The number of nitrogens with zero attached hydrogens (tertiary/aromatic N) is 2. The molecule has 0 bridgehead atoms. The highest BCUT2D eigenvalue weighted by Crippen LogP contribution is 2.14. The van der Waals surface area contributed by atoms with Gasteiger partial charge < -0.3 is 10.6 Å². The molecule has 1 aliphatic rings. The van der Waals surface area contributed by atoms with E-state index in [2.05, 4.69) is 31.5 Å². The number of hydrogen-bond acceptors (Lipinski definition) is 4. The predicted molar refractivity (Wildman–Crippen MR) is 87.7 cm³/mol. The van der Waals surface area contributed by atoms with Crippen LogP contribution < -0.4 is 16.2 Å². The molecule has 1 amide bonds. The van der Waals surface area contributed by atoms with E-state index < -0.39 is 0 Å². The molecule has 0 aliphatic carbocycles. The van der Waals surface area contributed by atoms with Crippen LogP contribution in [-0.4, -0.2) is 34.6 Å². The highest BCUT2D eigenvalue weighted by Gasteiger charge is 2.16. The van der Waals surface area contributed by atoms with Crippen molar-refractivity contribution in [3.63, 3.8) is 0 Å². The maximum absolute atomic E-state index is 12.4. The second-order valence-electron chi connectivity index (χ2n) is 5.45. The first kappa shape index (κ1) is 15.2. The molecule has 0 radical (unpaired) electrons. The SMILES string of the molecule is O=C(Cn1cnc2ccc(Br)cc2c1=O)NC1CCCNC1. The summed E-state index contributed by atoms with van der Waals surface area (Å²) in [5, 5.41) is 6.70. The highest BCUT2D eigenvalue weighted by atomic mass is 79.9. The van der Waals surface area contributed by atoms with Gasteiger partial charge in [-0.3, -0.25) is 14.2 Å². The molecule has 1 aliphatic heterocycles. The molecule has 1 aromatic carbocycles. The highest BCUT2D eigenvalue weighted by molar-refractivity contribution is 9.10.